The largest absolute Gasteiger partial charge is 0.396 e. The minimum Gasteiger partial charge on any atom is -0.396 e. The summed E-state index contributed by atoms with van der Waals surface area (Å²) in [5.41, 5.74) is 1.58. The summed E-state index contributed by atoms with van der Waals surface area (Å²) in [6.07, 6.45) is 6.34. The van der Waals surface area contributed by atoms with Crippen LogP contribution in [-0.2, 0) is 19.3 Å². The van der Waals surface area contributed by atoms with E-state index in [1.54, 1.807) is 10.4 Å². The molecule has 1 atom stereocenters. The summed E-state index contributed by atoms with van der Waals surface area (Å²) in [7, 11) is 0. The summed E-state index contributed by atoms with van der Waals surface area (Å²) in [4.78, 5) is 3.08. The van der Waals surface area contributed by atoms with Crippen molar-refractivity contribution in [2.24, 2.45) is 5.92 Å². The average Bonchev–Trinajstić information content (AvgIpc) is 2.59. The molecule has 0 fully saturated rings. The minimum absolute atomic E-state index is 0.308. The summed E-state index contributed by atoms with van der Waals surface area (Å²) in [6.45, 7) is 2.42. The van der Waals surface area contributed by atoms with Gasteiger partial charge >= 0.3 is 0 Å². The number of rotatable bonds is 3. The Balaban J connectivity index is 2.08. The average molecular weight is 210 g/mol. The van der Waals surface area contributed by atoms with Gasteiger partial charge < -0.3 is 5.11 Å². The first-order chi connectivity index (χ1) is 6.79. The maximum absolute atomic E-state index is 9.00. The minimum atomic E-state index is 0.308. The van der Waals surface area contributed by atoms with Gasteiger partial charge in [0.05, 0.1) is 0 Å². The zero-order valence-corrected chi connectivity index (χ0v) is 9.57. The van der Waals surface area contributed by atoms with Crippen molar-refractivity contribution in [3.63, 3.8) is 0 Å². The first kappa shape index (κ1) is 10.2. The van der Waals surface area contributed by atoms with Crippen molar-refractivity contribution in [1.29, 1.82) is 0 Å². The first-order valence-corrected chi connectivity index (χ1v) is 6.32. The maximum Gasteiger partial charge on any atom is 0.0460 e. The van der Waals surface area contributed by atoms with E-state index in [0.29, 0.717) is 12.5 Å². The maximum atomic E-state index is 9.00. The molecule has 1 heterocycles. The molecule has 78 valence electrons. The van der Waals surface area contributed by atoms with Crippen LogP contribution in [0.15, 0.2) is 6.07 Å². The van der Waals surface area contributed by atoms with Gasteiger partial charge in [0.25, 0.3) is 0 Å². The second kappa shape index (κ2) is 4.45. The van der Waals surface area contributed by atoms with Gasteiger partial charge in [0, 0.05) is 16.4 Å². The van der Waals surface area contributed by atoms with Crippen LogP contribution in [0.4, 0.5) is 0 Å². The van der Waals surface area contributed by atoms with E-state index in [9.17, 15) is 0 Å². The molecule has 0 spiro atoms. The summed E-state index contributed by atoms with van der Waals surface area (Å²) >= 11 is 1.97. The standard InChI is InChI=1S/C12H18OS/c1-9(8-13)6-11-7-10-4-2-3-5-12(10)14-11/h7,9,13H,2-6,8H2,1H3. The van der Waals surface area contributed by atoms with Crippen LogP contribution in [0.2, 0.25) is 0 Å². The molecule has 14 heavy (non-hydrogen) atoms. The van der Waals surface area contributed by atoms with E-state index >= 15 is 0 Å². The van der Waals surface area contributed by atoms with E-state index in [2.05, 4.69) is 13.0 Å². The quantitative estimate of drug-likeness (QED) is 0.813. The topological polar surface area (TPSA) is 20.2 Å². The Labute approximate surface area is 89.8 Å². The molecule has 2 rings (SSSR count). The number of aryl methyl sites for hydroxylation is 2. The second-order valence-electron chi connectivity index (χ2n) is 4.36. The molecule has 0 saturated carbocycles. The van der Waals surface area contributed by atoms with Crippen molar-refractivity contribution in [1.82, 2.24) is 0 Å². The van der Waals surface area contributed by atoms with Gasteiger partial charge in [-0.2, -0.15) is 0 Å². The summed E-state index contributed by atoms with van der Waals surface area (Å²) in [5.74, 6) is 0.412. The zero-order chi connectivity index (χ0) is 9.97. The molecule has 1 aliphatic carbocycles. The molecule has 1 nitrogen and oxygen atoms in total. The Morgan fingerprint density at radius 1 is 1.43 bits per heavy atom. The molecule has 0 aliphatic heterocycles. The number of hydrogen-bond acceptors (Lipinski definition) is 2. The van der Waals surface area contributed by atoms with E-state index in [-0.39, 0.29) is 0 Å². The highest BCUT2D eigenvalue weighted by molar-refractivity contribution is 7.12. The van der Waals surface area contributed by atoms with Gasteiger partial charge in [-0.15, -0.1) is 11.3 Å². The molecule has 0 aromatic carbocycles. The molecule has 0 radical (unpaired) electrons. The normalized spacial score (nSPS) is 17.9. The zero-order valence-electron chi connectivity index (χ0n) is 8.75. The Bertz CT molecular complexity index is 280. The third kappa shape index (κ3) is 2.18. The van der Waals surface area contributed by atoms with E-state index < -0.39 is 0 Å². The highest BCUT2D eigenvalue weighted by Crippen LogP contribution is 2.30. The van der Waals surface area contributed by atoms with Gasteiger partial charge in [-0.1, -0.05) is 6.92 Å². The predicted octanol–water partition coefficient (Wildman–Crippen LogP) is 2.80. The highest BCUT2D eigenvalue weighted by Gasteiger charge is 2.14. The summed E-state index contributed by atoms with van der Waals surface area (Å²) in [5, 5.41) is 9.00. The molecule has 0 bridgehead atoms. The summed E-state index contributed by atoms with van der Waals surface area (Å²) in [6, 6.07) is 2.37. The fraction of sp³-hybridized carbons (Fsp3) is 0.667. The van der Waals surface area contributed by atoms with Gasteiger partial charge in [0.15, 0.2) is 0 Å². The van der Waals surface area contributed by atoms with Crippen LogP contribution in [0.5, 0.6) is 0 Å². The number of aliphatic hydroxyl groups is 1. The Hall–Kier alpha value is -0.340. The lowest BCUT2D eigenvalue weighted by atomic mass is 9.98. The Kier molecular flexibility index (Phi) is 3.24. The summed E-state index contributed by atoms with van der Waals surface area (Å²) < 4.78 is 0. The molecule has 2 heteroatoms. The second-order valence-corrected chi connectivity index (χ2v) is 5.58. The van der Waals surface area contributed by atoms with Crippen molar-refractivity contribution in [2.45, 2.75) is 39.0 Å². The predicted molar refractivity (Wildman–Crippen MR) is 60.9 cm³/mol. The lowest BCUT2D eigenvalue weighted by molar-refractivity contribution is 0.237. The smallest absolute Gasteiger partial charge is 0.0460 e. The van der Waals surface area contributed by atoms with Crippen molar-refractivity contribution in [3.05, 3.63) is 21.4 Å². The van der Waals surface area contributed by atoms with Crippen LogP contribution in [0.3, 0.4) is 0 Å². The van der Waals surface area contributed by atoms with E-state index in [0.717, 1.165) is 6.42 Å². The van der Waals surface area contributed by atoms with Crippen LogP contribution in [-0.4, -0.2) is 11.7 Å². The monoisotopic (exact) mass is 210 g/mol. The van der Waals surface area contributed by atoms with Crippen LogP contribution in [0.1, 0.15) is 35.1 Å². The fourth-order valence-corrected chi connectivity index (χ4v) is 3.48. The van der Waals surface area contributed by atoms with Crippen molar-refractivity contribution in [3.8, 4) is 0 Å². The van der Waals surface area contributed by atoms with Gasteiger partial charge in [-0.05, 0) is 49.7 Å². The number of thiophene rings is 1. The Morgan fingerprint density at radius 3 is 2.93 bits per heavy atom. The third-order valence-electron chi connectivity index (χ3n) is 2.91. The molecular formula is C12H18OS. The molecule has 0 saturated heterocycles. The van der Waals surface area contributed by atoms with Crippen molar-refractivity contribution < 1.29 is 5.11 Å². The van der Waals surface area contributed by atoms with Gasteiger partial charge in [0.1, 0.15) is 0 Å². The number of fused-ring (bicyclic) bond motifs is 1. The van der Waals surface area contributed by atoms with Crippen LogP contribution < -0.4 is 0 Å². The first-order valence-electron chi connectivity index (χ1n) is 5.51. The van der Waals surface area contributed by atoms with Crippen LogP contribution in [0, 0.1) is 5.92 Å². The molecule has 0 amide bonds. The molecular weight excluding hydrogens is 192 g/mol. The van der Waals surface area contributed by atoms with E-state index in [1.807, 2.05) is 11.3 Å². The number of hydrogen-bond donors (Lipinski definition) is 1. The molecule has 1 aliphatic rings. The van der Waals surface area contributed by atoms with Crippen LogP contribution in [0.25, 0.3) is 0 Å². The van der Waals surface area contributed by atoms with Crippen molar-refractivity contribution in [2.75, 3.05) is 6.61 Å². The molecule has 1 aromatic rings. The highest BCUT2D eigenvalue weighted by atomic mass is 32.1. The van der Waals surface area contributed by atoms with E-state index in [1.165, 1.54) is 30.6 Å². The fourth-order valence-electron chi connectivity index (χ4n) is 2.06. The van der Waals surface area contributed by atoms with Crippen LogP contribution >= 0.6 is 11.3 Å². The lowest BCUT2D eigenvalue weighted by Gasteiger charge is -2.08. The SMILES string of the molecule is CC(CO)Cc1cc2c(s1)CCCC2. The van der Waals surface area contributed by atoms with E-state index in [4.69, 9.17) is 5.11 Å². The Morgan fingerprint density at radius 2 is 2.21 bits per heavy atom. The van der Waals surface area contributed by atoms with Crippen molar-refractivity contribution >= 4 is 11.3 Å². The number of aliphatic hydroxyl groups excluding tert-OH is 1. The lowest BCUT2D eigenvalue weighted by Crippen LogP contribution is -2.02. The van der Waals surface area contributed by atoms with Gasteiger partial charge in [-0.3, -0.25) is 0 Å². The molecule has 1 unspecified atom stereocenters. The molecule has 1 aromatic heterocycles. The molecule has 1 N–H and O–H groups in total. The third-order valence-corrected chi connectivity index (χ3v) is 4.17. The van der Waals surface area contributed by atoms with Gasteiger partial charge in [0.2, 0.25) is 0 Å². The van der Waals surface area contributed by atoms with Gasteiger partial charge in [-0.25, -0.2) is 0 Å².